The number of piperidine rings is 1. The Morgan fingerprint density at radius 1 is 1.23 bits per heavy atom. The van der Waals surface area contributed by atoms with Crippen LogP contribution in [0.2, 0.25) is 0 Å². The van der Waals surface area contributed by atoms with E-state index in [0.29, 0.717) is 18.7 Å². The Morgan fingerprint density at radius 2 is 2.00 bits per heavy atom. The Kier molecular flexibility index (Phi) is 6.65. The first kappa shape index (κ1) is 16.7. The molecule has 2 N–H and O–H groups in total. The molecule has 0 aromatic heterocycles. The lowest BCUT2D eigenvalue weighted by atomic mass is 10.1. The molecule has 1 heterocycles. The maximum absolute atomic E-state index is 13.4. The van der Waals surface area contributed by atoms with E-state index in [4.69, 9.17) is 0 Å². The first-order chi connectivity index (χ1) is 10.6. The van der Waals surface area contributed by atoms with Gasteiger partial charge in [-0.25, -0.2) is 9.18 Å². The molecule has 122 valence electrons. The number of rotatable bonds is 6. The van der Waals surface area contributed by atoms with E-state index in [1.807, 2.05) is 6.07 Å². The molecule has 22 heavy (non-hydrogen) atoms. The highest BCUT2D eigenvalue weighted by Gasteiger charge is 2.09. The molecule has 1 saturated heterocycles. The highest BCUT2D eigenvalue weighted by Crippen LogP contribution is 2.09. The van der Waals surface area contributed by atoms with Gasteiger partial charge in [-0.15, -0.1) is 0 Å². The van der Waals surface area contributed by atoms with E-state index in [1.54, 1.807) is 13.0 Å². The number of benzene rings is 1. The molecule has 5 heteroatoms. The summed E-state index contributed by atoms with van der Waals surface area (Å²) in [6.07, 6.45) is 4.89. The summed E-state index contributed by atoms with van der Waals surface area (Å²) >= 11 is 0. The SMILES string of the molecule is Cc1ccc(CNC(=O)NCCCN2CCCCC2)cc1F. The summed E-state index contributed by atoms with van der Waals surface area (Å²) in [6, 6.07) is 4.82. The summed E-state index contributed by atoms with van der Waals surface area (Å²) in [5.74, 6) is -0.235. The van der Waals surface area contributed by atoms with Gasteiger partial charge in [-0.1, -0.05) is 18.6 Å². The van der Waals surface area contributed by atoms with Crippen LogP contribution in [-0.2, 0) is 6.54 Å². The molecule has 4 nitrogen and oxygen atoms in total. The number of aryl methyl sites for hydroxylation is 1. The number of amides is 2. The number of carbonyl (C=O) groups is 1. The average molecular weight is 307 g/mol. The van der Waals surface area contributed by atoms with Gasteiger partial charge in [0.1, 0.15) is 5.82 Å². The van der Waals surface area contributed by atoms with Gasteiger partial charge >= 0.3 is 6.03 Å². The molecule has 0 saturated carbocycles. The summed E-state index contributed by atoms with van der Waals surface area (Å²) in [6.45, 7) is 6.15. The van der Waals surface area contributed by atoms with E-state index in [2.05, 4.69) is 15.5 Å². The first-order valence-electron chi connectivity index (χ1n) is 8.14. The molecule has 1 aliphatic rings. The van der Waals surface area contributed by atoms with Crippen LogP contribution in [0.5, 0.6) is 0 Å². The van der Waals surface area contributed by atoms with Gasteiger partial charge in [0.2, 0.25) is 0 Å². The number of likely N-dealkylation sites (tertiary alicyclic amines) is 1. The highest BCUT2D eigenvalue weighted by molar-refractivity contribution is 5.73. The van der Waals surface area contributed by atoms with Crippen LogP contribution in [0.4, 0.5) is 9.18 Å². The predicted molar refractivity (Wildman–Crippen MR) is 86.3 cm³/mol. The van der Waals surface area contributed by atoms with Crippen LogP contribution in [0.1, 0.15) is 36.8 Å². The first-order valence-corrected chi connectivity index (χ1v) is 8.14. The third kappa shape index (κ3) is 5.64. The monoisotopic (exact) mass is 307 g/mol. The van der Waals surface area contributed by atoms with Crippen LogP contribution >= 0.6 is 0 Å². The summed E-state index contributed by atoms with van der Waals surface area (Å²) in [7, 11) is 0. The predicted octanol–water partition coefficient (Wildman–Crippen LogP) is 2.81. The van der Waals surface area contributed by atoms with E-state index in [9.17, 15) is 9.18 Å². The maximum atomic E-state index is 13.4. The molecule has 0 unspecified atom stereocenters. The number of carbonyl (C=O) groups excluding carboxylic acids is 1. The third-order valence-electron chi connectivity index (χ3n) is 4.07. The van der Waals surface area contributed by atoms with E-state index < -0.39 is 0 Å². The minimum absolute atomic E-state index is 0.195. The molecule has 1 aromatic carbocycles. The summed E-state index contributed by atoms with van der Waals surface area (Å²) in [5, 5.41) is 5.60. The molecule has 1 fully saturated rings. The fraction of sp³-hybridized carbons (Fsp3) is 0.588. The molecule has 1 aromatic rings. The molecular weight excluding hydrogens is 281 g/mol. The second kappa shape index (κ2) is 8.73. The number of hydrogen-bond donors (Lipinski definition) is 2. The van der Waals surface area contributed by atoms with Crippen molar-refractivity contribution in [1.29, 1.82) is 0 Å². The maximum Gasteiger partial charge on any atom is 0.315 e. The summed E-state index contributed by atoms with van der Waals surface area (Å²) < 4.78 is 13.4. The molecule has 0 bridgehead atoms. The van der Waals surface area contributed by atoms with Crippen LogP contribution in [0.25, 0.3) is 0 Å². The average Bonchev–Trinajstić information content (AvgIpc) is 2.54. The van der Waals surface area contributed by atoms with Gasteiger partial charge in [0, 0.05) is 13.1 Å². The zero-order chi connectivity index (χ0) is 15.8. The van der Waals surface area contributed by atoms with Gasteiger partial charge in [0.15, 0.2) is 0 Å². The smallest absolute Gasteiger partial charge is 0.315 e. The van der Waals surface area contributed by atoms with Gasteiger partial charge in [-0.05, 0) is 63.0 Å². The zero-order valence-electron chi connectivity index (χ0n) is 13.3. The number of nitrogens with zero attached hydrogens (tertiary/aromatic N) is 1. The van der Waals surface area contributed by atoms with Crippen LogP contribution in [-0.4, -0.2) is 37.1 Å². The van der Waals surface area contributed by atoms with Crippen LogP contribution in [0.15, 0.2) is 18.2 Å². The molecule has 0 aliphatic carbocycles. The van der Waals surface area contributed by atoms with Crippen molar-refractivity contribution in [3.63, 3.8) is 0 Å². The van der Waals surface area contributed by atoms with E-state index >= 15 is 0 Å². The second-order valence-electron chi connectivity index (χ2n) is 5.95. The number of hydrogen-bond acceptors (Lipinski definition) is 2. The van der Waals surface area contributed by atoms with Crippen molar-refractivity contribution in [2.24, 2.45) is 0 Å². The largest absolute Gasteiger partial charge is 0.338 e. The van der Waals surface area contributed by atoms with Crippen LogP contribution in [0.3, 0.4) is 0 Å². The van der Waals surface area contributed by atoms with Crippen molar-refractivity contribution in [2.45, 2.75) is 39.2 Å². The normalized spacial score (nSPS) is 15.5. The Labute approximate surface area is 132 Å². The summed E-state index contributed by atoms with van der Waals surface area (Å²) in [4.78, 5) is 14.1. The molecule has 0 spiro atoms. The number of urea groups is 1. The van der Waals surface area contributed by atoms with Crippen molar-refractivity contribution in [3.8, 4) is 0 Å². The Hall–Kier alpha value is -1.62. The second-order valence-corrected chi connectivity index (χ2v) is 5.95. The van der Waals surface area contributed by atoms with Gasteiger partial charge < -0.3 is 15.5 Å². The molecule has 1 aliphatic heterocycles. The highest BCUT2D eigenvalue weighted by atomic mass is 19.1. The van der Waals surface area contributed by atoms with E-state index in [0.717, 1.165) is 18.5 Å². The van der Waals surface area contributed by atoms with Crippen molar-refractivity contribution < 1.29 is 9.18 Å². The lowest BCUT2D eigenvalue weighted by Gasteiger charge is -2.26. The van der Waals surface area contributed by atoms with Crippen molar-refractivity contribution in [3.05, 3.63) is 35.1 Å². The Bertz CT molecular complexity index is 487. The quantitative estimate of drug-likeness (QED) is 0.794. The lowest BCUT2D eigenvalue weighted by molar-refractivity contribution is 0.222. The van der Waals surface area contributed by atoms with Gasteiger partial charge in [0.05, 0.1) is 0 Å². The van der Waals surface area contributed by atoms with Crippen LogP contribution in [0, 0.1) is 12.7 Å². The topological polar surface area (TPSA) is 44.4 Å². The number of nitrogens with one attached hydrogen (secondary N) is 2. The third-order valence-corrected chi connectivity index (χ3v) is 4.07. The van der Waals surface area contributed by atoms with Crippen molar-refractivity contribution in [2.75, 3.05) is 26.2 Å². The van der Waals surface area contributed by atoms with Crippen LogP contribution < -0.4 is 10.6 Å². The fourth-order valence-electron chi connectivity index (χ4n) is 2.68. The summed E-state index contributed by atoms with van der Waals surface area (Å²) in [5.41, 5.74) is 1.39. The van der Waals surface area contributed by atoms with E-state index in [-0.39, 0.29) is 11.8 Å². The molecule has 0 atom stereocenters. The van der Waals surface area contributed by atoms with Gasteiger partial charge in [-0.2, -0.15) is 0 Å². The minimum atomic E-state index is -0.235. The Balaban J connectivity index is 1.58. The minimum Gasteiger partial charge on any atom is -0.338 e. The molecule has 2 rings (SSSR count). The molecule has 0 radical (unpaired) electrons. The lowest BCUT2D eigenvalue weighted by Crippen LogP contribution is -2.37. The van der Waals surface area contributed by atoms with Gasteiger partial charge in [-0.3, -0.25) is 0 Å². The van der Waals surface area contributed by atoms with E-state index in [1.165, 1.54) is 38.4 Å². The molecule has 2 amide bonds. The fourth-order valence-corrected chi connectivity index (χ4v) is 2.68. The van der Waals surface area contributed by atoms with Gasteiger partial charge in [0.25, 0.3) is 0 Å². The van der Waals surface area contributed by atoms with Crippen molar-refractivity contribution in [1.82, 2.24) is 15.5 Å². The van der Waals surface area contributed by atoms with Crippen molar-refractivity contribution >= 4 is 6.03 Å². The number of halogens is 1. The zero-order valence-corrected chi connectivity index (χ0v) is 13.3. The Morgan fingerprint density at radius 3 is 2.73 bits per heavy atom. The standard InChI is InChI=1S/C17H26FN3O/c1-14-6-7-15(12-16(14)18)13-20-17(22)19-8-5-11-21-9-3-2-4-10-21/h6-7,12H,2-5,8-11,13H2,1H3,(H2,19,20,22). The molecular formula is C17H26FN3O.